The lowest BCUT2D eigenvalue weighted by Gasteiger charge is -2.07. The van der Waals surface area contributed by atoms with Crippen LogP contribution in [0.4, 0.5) is 11.6 Å². The highest BCUT2D eigenvalue weighted by molar-refractivity contribution is 5.64. The van der Waals surface area contributed by atoms with Gasteiger partial charge in [0.15, 0.2) is 0 Å². The molecule has 0 aromatic carbocycles. The van der Waals surface area contributed by atoms with E-state index < -0.39 is 0 Å². The molecule has 0 radical (unpaired) electrons. The molecule has 6 nitrogen and oxygen atoms in total. The zero-order valence-corrected chi connectivity index (χ0v) is 13.2. The van der Waals surface area contributed by atoms with Crippen LogP contribution in [-0.4, -0.2) is 24.9 Å². The van der Waals surface area contributed by atoms with E-state index in [2.05, 4.69) is 30.2 Å². The molecular formula is C19H14N6. The van der Waals surface area contributed by atoms with E-state index in [4.69, 9.17) is 0 Å². The normalized spacial score (nSPS) is 10.4. The molecule has 4 heterocycles. The Labute approximate surface area is 144 Å². The average Bonchev–Trinajstić information content (AvgIpc) is 2.70. The second-order valence-corrected chi connectivity index (χ2v) is 5.30. The Kier molecular flexibility index (Phi) is 4.07. The Morgan fingerprint density at radius 2 is 1.52 bits per heavy atom. The summed E-state index contributed by atoms with van der Waals surface area (Å²) in [5.41, 5.74) is 3.53. The molecular weight excluding hydrogens is 312 g/mol. The van der Waals surface area contributed by atoms with Crippen LogP contribution >= 0.6 is 0 Å². The summed E-state index contributed by atoms with van der Waals surface area (Å²) in [7, 11) is 0. The number of aromatic nitrogens is 5. The molecule has 4 aromatic rings. The van der Waals surface area contributed by atoms with Gasteiger partial charge in [-0.1, -0.05) is 12.1 Å². The van der Waals surface area contributed by atoms with Crippen molar-refractivity contribution in [3.05, 3.63) is 79.6 Å². The first-order chi connectivity index (χ1) is 12.4. The van der Waals surface area contributed by atoms with Gasteiger partial charge in [0.1, 0.15) is 17.3 Å². The number of rotatable bonds is 4. The van der Waals surface area contributed by atoms with Gasteiger partial charge in [0.2, 0.25) is 0 Å². The van der Waals surface area contributed by atoms with Crippen LogP contribution in [0.15, 0.2) is 79.6 Å². The monoisotopic (exact) mass is 326 g/mol. The third-order valence-corrected chi connectivity index (χ3v) is 3.59. The molecule has 0 fully saturated rings. The van der Waals surface area contributed by atoms with Crippen molar-refractivity contribution < 1.29 is 0 Å². The molecule has 0 aliphatic rings. The van der Waals surface area contributed by atoms with Crippen LogP contribution in [-0.2, 0) is 0 Å². The predicted octanol–water partition coefficient (Wildman–Crippen LogP) is 3.74. The fraction of sp³-hybridized carbons (Fsp3) is 0. The topological polar surface area (TPSA) is 76.5 Å². The lowest BCUT2D eigenvalue weighted by atomic mass is 10.1. The van der Waals surface area contributed by atoms with E-state index in [-0.39, 0.29) is 0 Å². The van der Waals surface area contributed by atoms with E-state index >= 15 is 0 Å². The molecule has 4 aromatic heterocycles. The summed E-state index contributed by atoms with van der Waals surface area (Å²) in [6.45, 7) is 0. The molecule has 0 unspecified atom stereocenters. The molecule has 25 heavy (non-hydrogen) atoms. The van der Waals surface area contributed by atoms with E-state index in [0.29, 0.717) is 5.82 Å². The van der Waals surface area contributed by atoms with Gasteiger partial charge in [0.05, 0.1) is 11.9 Å². The molecule has 0 aliphatic heterocycles. The van der Waals surface area contributed by atoms with Crippen molar-refractivity contribution in [2.45, 2.75) is 0 Å². The van der Waals surface area contributed by atoms with Gasteiger partial charge in [-0.25, -0.2) is 9.97 Å². The van der Waals surface area contributed by atoms with E-state index in [1.54, 1.807) is 24.8 Å². The highest BCUT2D eigenvalue weighted by atomic mass is 15.1. The first kappa shape index (κ1) is 14.9. The Morgan fingerprint density at radius 3 is 2.28 bits per heavy atom. The molecule has 4 rings (SSSR count). The maximum atomic E-state index is 4.56. The van der Waals surface area contributed by atoms with Crippen LogP contribution in [0.1, 0.15) is 0 Å². The number of anilines is 2. The molecule has 6 heteroatoms. The van der Waals surface area contributed by atoms with Crippen molar-refractivity contribution in [2.75, 3.05) is 5.32 Å². The summed E-state index contributed by atoms with van der Waals surface area (Å²) >= 11 is 0. The lowest BCUT2D eigenvalue weighted by molar-refractivity contribution is 1.17. The first-order valence-electron chi connectivity index (χ1n) is 7.75. The summed E-state index contributed by atoms with van der Waals surface area (Å²) in [5, 5.41) is 3.21. The smallest absolute Gasteiger partial charge is 0.132 e. The van der Waals surface area contributed by atoms with Gasteiger partial charge in [0.25, 0.3) is 0 Å². The van der Waals surface area contributed by atoms with Crippen molar-refractivity contribution in [3.63, 3.8) is 0 Å². The van der Waals surface area contributed by atoms with Crippen molar-refractivity contribution >= 4 is 11.6 Å². The first-order valence-corrected chi connectivity index (χ1v) is 7.75. The molecule has 0 amide bonds. The molecule has 0 saturated heterocycles. The summed E-state index contributed by atoms with van der Waals surface area (Å²) in [6.07, 6.45) is 10.4. The minimum Gasteiger partial charge on any atom is -0.325 e. The minimum atomic E-state index is 0.699. The fourth-order valence-corrected chi connectivity index (χ4v) is 2.38. The van der Waals surface area contributed by atoms with Gasteiger partial charge in [-0.2, -0.15) is 0 Å². The average molecular weight is 326 g/mol. The minimum absolute atomic E-state index is 0.699. The summed E-state index contributed by atoms with van der Waals surface area (Å²) in [4.78, 5) is 21.5. The van der Waals surface area contributed by atoms with Gasteiger partial charge in [-0.05, 0) is 30.3 Å². The standard InChI is InChI=1S/C19H14N6/c1-4-16(17-13-21-9-10-22-17)24-19(5-1)25-18-7-6-15(12-23-18)14-3-2-8-20-11-14/h1-13H,(H,23,24,25). The Balaban J connectivity index is 1.55. The quantitative estimate of drug-likeness (QED) is 0.615. The summed E-state index contributed by atoms with van der Waals surface area (Å²) < 4.78 is 0. The van der Waals surface area contributed by atoms with Crippen LogP contribution < -0.4 is 5.32 Å². The lowest BCUT2D eigenvalue weighted by Crippen LogP contribution is -1.97. The number of pyridine rings is 3. The van der Waals surface area contributed by atoms with Crippen LogP contribution in [0.25, 0.3) is 22.5 Å². The van der Waals surface area contributed by atoms with Gasteiger partial charge >= 0.3 is 0 Å². The van der Waals surface area contributed by atoms with E-state index in [0.717, 1.165) is 28.3 Å². The van der Waals surface area contributed by atoms with Crippen molar-refractivity contribution in [1.29, 1.82) is 0 Å². The number of hydrogen-bond donors (Lipinski definition) is 1. The van der Waals surface area contributed by atoms with Crippen LogP contribution in [0.5, 0.6) is 0 Å². The number of hydrogen-bond acceptors (Lipinski definition) is 6. The van der Waals surface area contributed by atoms with Crippen molar-refractivity contribution in [1.82, 2.24) is 24.9 Å². The summed E-state index contributed by atoms with van der Waals surface area (Å²) in [5.74, 6) is 1.42. The largest absolute Gasteiger partial charge is 0.325 e. The predicted molar refractivity (Wildman–Crippen MR) is 96.0 cm³/mol. The van der Waals surface area contributed by atoms with Crippen molar-refractivity contribution in [2.24, 2.45) is 0 Å². The van der Waals surface area contributed by atoms with Crippen LogP contribution in [0.2, 0.25) is 0 Å². The molecule has 0 bridgehead atoms. The third kappa shape index (κ3) is 3.48. The SMILES string of the molecule is c1cncc(-c2ccc(Nc3cccc(-c4cnccn4)n3)nc2)c1. The van der Waals surface area contributed by atoms with Gasteiger partial charge in [-0.15, -0.1) is 0 Å². The zero-order chi connectivity index (χ0) is 16.9. The molecule has 1 N–H and O–H groups in total. The molecule has 0 saturated carbocycles. The fourth-order valence-electron chi connectivity index (χ4n) is 2.38. The molecule has 0 atom stereocenters. The molecule has 120 valence electrons. The summed E-state index contributed by atoms with van der Waals surface area (Å²) in [6, 6.07) is 13.5. The second-order valence-electron chi connectivity index (χ2n) is 5.30. The van der Waals surface area contributed by atoms with Gasteiger partial charge in [-0.3, -0.25) is 15.0 Å². The van der Waals surface area contributed by atoms with Crippen LogP contribution in [0, 0.1) is 0 Å². The van der Waals surface area contributed by atoms with E-state index in [9.17, 15) is 0 Å². The Morgan fingerprint density at radius 1 is 0.600 bits per heavy atom. The zero-order valence-electron chi connectivity index (χ0n) is 13.2. The molecule has 0 aliphatic carbocycles. The third-order valence-electron chi connectivity index (χ3n) is 3.59. The highest BCUT2D eigenvalue weighted by Crippen LogP contribution is 2.21. The molecule has 0 spiro atoms. The Hall–Kier alpha value is -3.67. The highest BCUT2D eigenvalue weighted by Gasteiger charge is 2.04. The van der Waals surface area contributed by atoms with Crippen LogP contribution in [0.3, 0.4) is 0 Å². The number of nitrogens with one attached hydrogen (secondary N) is 1. The van der Waals surface area contributed by atoms with E-state index in [1.165, 1.54) is 0 Å². The second kappa shape index (κ2) is 6.84. The van der Waals surface area contributed by atoms with E-state index in [1.807, 2.05) is 54.9 Å². The number of nitrogens with zero attached hydrogens (tertiary/aromatic N) is 5. The van der Waals surface area contributed by atoms with Crippen molar-refractivity contribution in [3.8, 4) is 22.5 Å². The van der Waals surface area contributed by atoms with Gasteiger partial charge < -0.3 is 5.32 Å². The van der Waals surface area contributed by atoms with Gasteiger partial charge in [0, 0.05) is 42.1 Å². The Bertz CT molecular complexity index is 956. The maximum absolute atomic E-state index is 4.56. The maximum Gasteiger partial charge on any atom is 0.132 e.